The fourth-order valence-corrected chi connectivity index (χ4v) is 2.65. The lowest BCUT2D eigenvalue weighted by Crippen LogP contribution is -2.23. The molecule has 0 radical (unpaired) electrons. The lowest BCUT2D eigenvalue weighted by atomic mass is 10.1. The molecule has 7 heteroatoms. The van der Waals surface area contributed by atoms with Crippen molar-refractivity contribution < 1.29 is 18.3 Å². The first-order valence-electron chi connectivity index (χ1n) is 7.62. The van der Waals surface area contributed by atoms with E-state index in [-0.39, 0.29) is 17.9 Å². The van der Waals surface area contributed by atoms with Gasteiger partial charge >= 0.3 is 0 Å². The summed E-state index contributed by atoms with van der Waals surface area (Å²) in [6.45, 7) is 0.0892. The lowest BCUT2D eigenvalue weighted by Gasteiger charge is -2.10. The van der Waals surface area contributed by atoms with Gasteiger partial charge < -0.3 is 10.1 Å². The average Bonchev–Trinajstić information content (AvgIpc) is 2.64. The molecule has 1 heterocycles. The third-order valence-corrected chi connectivity index (χ3v) is 4.18. The number of carbonyl (C=O) groups is 1. The summed E-state index contributed by atoms with van der Waals surface area (Å²) in [6, 6.07) is 11.6. The van der Waals surface area contributed by atoms with Gasteiger partial charge in [-0.05, 0) is 64.0 Å². The molecular weight excluding hydrogens is 406 g/mol. The minimum atomic E-state index is -0.562. The molecule has 1 N–H and O–H groups in total. The predicted molar refractivity (Wildman–Crippen MR) is 96.0 cm³/mol. The maximum absolute atomic E-state index is 14.2. The number of benzene rings is 2. The zero-order chi connectivity index (χ0) is 18.5. The highest BCUT2D eigenvalue weighted by molar-refractivity contribution is 9.10. The maximum Gasteiger partial charge on any atom is 0.252 e. The van der Waals surface area contributed by atoms with Crippen LogP contribution in [0.4, 0.5) is 8.78 Å². The molecule has 4 nitrogen and oxygen atoms in total. The molecule has 0 unspecified atom stereocenters. The molecule has 3 aromatic rings. The van der Waals surface area contributed by atoms with Crippen LogP contribution in [0.25, 0.3) is 0 Å². The van der Waals surface area contributed by atoms with Crippen LogP contribution in [-0.2, 0) is 6.54 Å². The second-order valence-electron chi connectivity index (χ2n) is 5.36. The first-order valence-corrected chi connectivity index (χ1v) is 8.42. The van der Waals surface area contributed by atoms with Crippen LogP contribution in [0.5, 0.6) is 11.5 Å². The summed E-state index contributed by atoms with van der Waals surface area (Å²) in [5.74, 6) is -1.06. The van der Waals surface area contributed by atoms with Crippen LogP contribution in [0, 0.1) is 11.6 Å². The Morgan fingerprint density at radius 3 is 2.73 bits per heavy atom. The number of rotatable bonds is 5. The van der Waals surface area contributed by atoms with Gasteiger partial charge in [0.25, 0.3) is 5.91 Å². The summed E-state index contributed by atoms with van der Waals surface area (Å²) >= 11 is 3.20. The van der Waals surface area contributed by atoms with E-state index < -0.39 is 17.5 Å². The van der Waals surface area contributed by atoms with E-state index in [0.29, 0.717) is 15.8 Å². The van der Waals surface area contributed by atoms with Gasteiger partial charge in [0.2, 0.25) is 0 Å². The van der Waals surface area contributed by atoms with Gasteiger partial charge in [0.1, 0.15) is 11.6 Å². The fourth-order valence-electron chi connectivity index (χ4n) is 2.22. The van der Waals surface area contributed by atoms with E-state index in [0.717, 1.165) is 6.07 Å². The quantitative estimate of drug-likeness (QED) is 0.644. The summed E-state index contributed by atoms with van der Waals surface area (Å²) in [4.78, 5) is 16.0. The van der Waals surface area contributed by atoms with Crippen molar-refractivity contribution in [3.05, 3.63) is 88.2 Å². The molecular formula is C19H13BrF2N2O2. The topological polar surface area (TPSA) is 51.2 Å². The molecule has 0 aliphatic rings. The van der Waals surface area contributed by atoms with E-state index in [1.807, 2.05) is 0 Å². The van der Waals surface area contributed by atoms with Gasteiger partial charge in [0.15, 0.2) is 11.6 Å². The second kappa shape index (κ2) is 8.05. The molecule has 1 amide bonds. The van der Waals surface area contributed by atoms with Crippen molar-refractivity contribution in [1.82, 2.24) is 10.3 Å². The lowest BCUT2D eigenvalue weighted by molar-refractivity contribution is 0.0949. The van der Waals surface area contributed by atoms with E-state index in [2.05, 4.69) is 26.2 Å². The number of halogens is 3. The first-order chi connectivity index (χ1) is 12.5. The molecule has 0 spiro atoms. The zero-order valence-electron chi connectivity index (χ0n) is 13.4. The fraction of sp³-hybridized carbons (Fsp3) is 0.0526. The van der Waals surface area contributed by atoms with Crippen molar-refractivity contribution in [3.63, 3.8) is 0 Å². The second-order valence-corrected chi connectivity index (χ2v) is 6.22. The predicted octanol–water partition coefficient (Wildman–Crippen LogP) is 4.84. The van der Waals surface area contributed by atoms with Crippen molar-refractivity contribution in [2.24, 2.45) is 0 Å². The van der Waals surface area contributed by atoms with Crippen molar-refractivity contribution in [3.8, 4) is 11.5 Å². The van der Waals surface area contributed by atoms with Crippen molar-refractivity contribution in [1.29, 1.82) is 0 Å². The van der Waals surface area contributed by atoms with Gasteiger partial charge in [-0.2, -0.15) is 0 Å². The summed E-state index contributed by atoms with van der Waals surface area (Å²) in [5.41, 5.74) is 0.712. The van der Waals surface area contributed by atoms with E-state index in [4.69, 9.17) is 4.74 Å². The van der Waals surface area contributed by atoms with E-state index in [9.17, 15) is 13.6 Å². The average molecular weight is 419 g/mol. The van der Waals surface area contributed by atoms with Gasteiger partial charge in [-0.3, -0.25) is 9.78 Å². The van der Waals surface area contributed by atoms with Gasteiger partial charge in [0.05, 0.1) is 11.8 Å². The van der Waals surface area contributed by atoms with Gasteiger partial charge in [-0.15, -0.1) is 0 Å². The number of nitrogens with one attached hydrogen (secondary N) is 1. The number of aromatic nitrogens is 1. The van der Waals surface area contributed by atoms with Crippen molar-refractivity contribution >= 4 is 21.8 Å². The Bertz CT molecular complexity index is 936. The van der Waals surface area contributed by atoms with Gasteiger partial charge in [0, 0.05) is 17.2 Å². The highest BCUT2D eigenvalue weighted by Gasteiger charge is 2.12. The van der Waals surface area contributed by atoms with Crippen LogP contribution < -0.4 is 10.1 Å². The monoisotopic (exact) mass is 418 g/mol. The van der Waals surface area contributed by atoms with Crippen LogP contribution in [0.2, 0.25) is 0 Å². The highest BCUT2D eigenvalue weighted by atomic mass is 79.9. The number of ether oxygens (including phenoxy) is 1. The molecule has 2 aromatic carbocycles. The van der Waals surface area contributed by atoms with Gasteiger partial charge in [-0.25, -0.2) is 8.78 Å². The Labute approximate surface area is 157 Å². The molecule has 26 heavy (non-hydrogen) atoms. The van der Waals surface area contributed by atoms with Crippen molar-refractivity contribution in [2.45, 2.75) is 6.54 Å². The largest absolute Gasteiger partial charge is 0.453 e. The van der Waals surface area contributed by atoms with E-state index >= 15 is 0 Å². The minimum Gasteiger partial charge on any atom is -0.453 e. The number of hydrogen-bond acceptors (Lipinski definition) is 3. The Balaban J connectivity index is 1.66. The third kappa shape index (κ3) is 4.43. The number of carbonyl (C=O) groups excluding carboxylic acids is 1. The summed E-state index contributed by atoms with van der Waals surface area (Å²) < 4.78 is 33.4. The molecule has 0 fully saturated rings. The first kappa shape index (κ1) is 18.0. The molecule has 0 atom stereocenters. The van der Waals surface area contributed by atoms with Crippen LogP contribution in [0.15, 0.2) is 65.4 Å². The van der Waals surface area contributed by atoms with Crippen LogP contribution in [0.1, 0.15) is 15.9 Å². The Hall–Kier alpha value is -2.80. The number of hydrogen-bond donors (Lipinski definition) is 1. The molecule has 0 saturated carbocycles. The molecule has 0 saturated heterocycles. The normalized spacial score (nSPS) is 10.4. The van der Waals surface area contributed by atoms with Crippen LogP contribution in [0.3, 0.4) is 0 Å². The maximum atomic E-state index is 14.2. The van der Waals surface area contributed by atoms with E-state index in [1.54, 1.807) is 24.4 Å². The number of pyridine rings is 1. The molecule has 3 rings (SSSR count). The molecule has 1 aromatic heterocycles. The number of nitrogens with zero attached hydrogens (tertiary/aromatic N) is 1. The van der Waals surface area contributed by atoms with Crippen LogP contribution in [-0.4, -0.2) is 10.9 Å². The summed E-state index contributed by atoms with van der Waals surface area (Å²) in [6.07, 6.45) is 3.07. The Kier molecular flexibility index (Phi) is 5.58. The molecule has 132 valence electrons. The van der Waals surface area contributed by atoms with Gasteiger partial charge in [-0.1, -0.05) is 6.07 Å². The zero-order valence-corrected chi connectivity index (χ0v) is 15.0. The molecule has 0 aliphatic carbocycles. The highest BCUT2D eigenvalue weighted by Crippen LogP contribution is 2.24. The Morgan fingerprint density at radius 2 is 2.00 bits per heavy atom. The molecule has 0 bridgehead atoms. The van der Waals surface area contributed by atoms with Crippen LogP contribution >= 0.6 is 15.9 Å². The van der Waals surface area contributed by atoms with E-state index in [1.165, 1.54) is 30.5 Å². The Morgan fingerprint density at radius 1 is 1.15 bits per heavy atom. The third-order valence-electron chi connectivity index (χ3n) is 3.48. The van der Waals surface area contributed by atoms with Crippen molar-refractivity contribution in [2.75, 3.05) is 0 Å². The summed E-state index contributed by atoms with van der Waals surface area (Å²) in [5, 5.41) is 2.63. The standard InChI is InChI=1S/C19H13BrF2N2O2/c20-16-5-4-13(21)9-15(16)19(25)24-10-12-3-6-18(17(22)8-12)26-14-2-1-7-23-11-14/h1-9,11H,10H2,(H,24,25). The number of amides is 1. The minimum absolute atomic E-state index is 0.0564. The summed E-state index contributed by atoms with van der Waals surface area (Å²) in [7, 11) is 0. The smallest absolute Gasteiger partial charge is 0.252 e. The SMILES string of the molecule is O=C(NCc1ccc(Oc2cccnc2)c(F)c1)c1cc(F)ccc1Br. The molecule has 0 aliphatic heterocycles.